The molecule has 2 saturated heterocycles. The van der Waals surface area contributed by atoms with E-state index in [2.05, 4.69) is 42.7 Å². The van der Waals surface area contributed by atoms with E-state index in [1.807, 2.05) is 18.5 Å². The second-order valence-corrected chi connectivity index (χ2v) is 8.21. The van der Waals surface area contributed by atoms with Crippen LogP contribution in [-0.2, 0) is 5.54 Å². The SMILES string of the molecule is CN1CCC(N2CC(CC=N)(n3cc(-c4ncnc5[nH]ccc45)cn3)C2)CC1. The average molecular weight is 378 g/mol. The molecule has 0 radical (unpaired) electrons. The predicted octanol–water partition coefficient (Wildman–Crippen LogP) is 1.97. The second-order valence-electron chi connectivity index (χ2n) is 8.21. The lowest BCUT2D eigenvalue weighted by Gasteiger charge is -2.54. The van der Waals surface area contributed by atoms with Crippen LogP contribution >= 0.6 is 0 Å². The number of hydrogen-bond donors (Lipinski definition) is 2. The zero-order valence-corrected chi connectivity index (χ0v) is 16.2. The molecule has 0 atom stereocenters. The van der Waals surface area contributed by atoms with E-state index in [4.69, 9.17) is 10.5 Å². The Morgan fingerprint density at radius 2 is 2.11 bits per heavy atom. The highest BCUT2D eigenvalue weighted by Crippen LogP contribution is 2.36. The van der Waals surface area contributed by atoms with E-state index < -0.39 is 0 Å². The van der Waals surface area contributed by atoms with Crippen molar-refractivity contribution in [3.63, 3.8) is 0 Å². The normalized spacial score (nSPS) is 21.0. The van der Waals surface area contributed by atoms with Crippen molar-refractivity contribution >= 4 is 17.2 Å². The summed E-state index contributed by atoms with van der Waals surface area (Å²) in [5.41, 5.74) is 2.61. The van der Waals surface area contributed by atoms with E-state index >= 15 is 0 Å². The molecule has 2 N–H and O–H groups in total. The molecular formula is C20H26N8. The predicted molar refractivity (Wildman–Crippen MR) is 109 cm³/mol. The Kier molecular flexibility index (Phi) is 4.25. The minimum atomic E-state index is -0.117. The van der Waals surface area contributed by atoms with Gasteiger partial charge in [-0.25, -0.2) is 9.97 Å². The van der Waals surface area contributed by atoms with E-state index in [1.54, 1.807) is 6.33 Å². The Hall–Kier alpha value is -2.58. The van der Waals surface area contributed by atoms with Crippen molar-refractivity contribution in [2.75, 3.05) is 33.2 Å². The molecule has 0 saturated carbocycles. The van der Waals surface area contributed by atoms with Gasteiger partial charge in [-0.05, 0) is 45.3 Å². The number of aromatic nitrogens is 5. The van der Waals surface area contributed by atoms with Crippen molar-refractivity contribution in [2.45, 2.75) is 30.8 Å². The van der Waals surface area contributed by atoms with Gasteiger partial charge < -0.3 is 15.3 Å². The fourth-order valence-corrected chi connectivity index (χ4v) is 4.69. The van der Waals surface area contributed by atoms with Gasteiger partial charge in [-0.2, -0.15) is 5.10 Å². The summed E-state index contributed by atoms with van der Waals surface area (Å²) in [7, 11) is 2.20. The van der Waals surface area contributed by atoms with Crippen LogP contribution in [0.1, 0.15) is 19.3 Å². The first-order valence-corrected chi connectivity index (χ1v) is 9.94. The van der Waals surface area contributed by atoms with Gasteiger partial charge in [0.05, 0.1) is 17.4 Å². The van der Waals surface area contributed by atoms with E-state index in [9.17, 15) is 0 Å². The smallest absolute Gasteiger partial charge is 0.141 e. The fraction of sp³-hybridized carbons (Fsp3) is 0.500. The molecule has 0 bridgehead atoms. The first kappa shape index (κ1) is 17.5. The maximum absolute atomic E-state index is 7.72. The van der Waals surface area contributed by atoms with Crippen LogP contribution in [0.5, 0.6) is 0 Å². The summed E-state index contributed by atoms with van der Waals surface area (Å²) in [6.07, 6.45) is 12.1. The molecule has 3 aromatic heterocycles. The molecule has 0 aliphatic carbocycles. The number of rotatable bonds is 5. The fourth-order valence-electron chi connectivity index (χ4n) is 4.69. The van der Waals surface area contributed by atoms with Crippen molar-refractivity contribution in [3.8, 4) is 11.3 Å². The summed E-state index contributed by atoms with van der Waals surface area (Å²) < 4.78 is 2.07. The van der Waals surface area contributed by atoms with E-state index in [0.717, 1.165) is 35.4 Å². The number of nitrogens with zero attached hydrogens (tertiary/aromatic N) is 6. The standard InChI is InChI=1S/C20H26N8/c1-26-8-3-16(4-9-26)27-12-20(13-27,5-6-21)28-11-15(10-25-28)18-17-2-7-22-19(17)24-14-23-18/h2,6-7,10-11,14,16,21H,3-5,8-9,12-13H2,1H3,(H,22,23,24). The first-order valence-electron chi connectivity index (χ1n) is 9.94. The summed E-state index contributed by atoms with van der Waals surface area (Å²) in [6, 6.07) is 2.66. The highest BCUT2D eigenvalue weighted by molar-refractivity contribution is 5.90. The molecule has 2 aliphatic rings. The molecule has 3 aromatic rings. The molecule has 28 heavy (non-hydrogen) atoms. The molecule has 0 spiro atoms. The van der Waals surface area contributed by atoms with Crippen LogP contribution in [0.3, 0.4) is 0 Å². The monoisotopic (exact) mass is 378 g/mol. The number of H-pyrrole nitrogens is 1. The van der Waals surface area contributed by atoms with E-state index in [1.165, 1.54) is 32.1 Å². The Bertz CT molecular complexity index is 975. The van der Waals surface area contributed by atoms with Crippen LogP contribution in [-0.4, -0.2) is 80.0 Å². The van der Waals surface area contributed by atoms with Crippen LogP contribution in [0.15, 0.2) is 31.0 Å². The maximum atomic E-state index is 7.72. The zero-order chi connectivity index (χ0) is 19.1. The molecule has 0 unspecified atom stereocenters. The van der Waals surface area contributed by atoms with Crippen LogP contribution < -0.4 is 0 Å². The minimum Gasteiger partial charge on any atom is -0.346 e. The summed E-state index contributed by atoms with van der Waals surface area (Å²) in [6.45, 7) is 4.26. The maximum Gasteiger partial charge on any atom is 0.141 e. The van der Waals surface area contributed by atoms with Gasteiger partial charge in [0.25, 0.3) is 0 Å². The van der Waals surface area contributed by atoms with Gasteiger partial charge in [0.15, 0.2) is 0 Å². The van der Waals surface area contributed by atoms with Gasteiger partial charge >= 0.3 is 0 Å². The molecule has 0 amide bonds. The summed E-state index contributed by atoms with van der Waals surface area (Å²) in [5.74, 6) is 0. The Balaban J connectivity index is 1.39. The number of aromatic amines is 1. The lowest BCUT2D eigenvalue weighted by atomic mass is 9.83. The lowest BCUT2D eigenvalue weighted by molar-refractivity contribution is -0.0393. The van der Waals surface area contributed by atoms with Crippen molar-refractivity contribution in [1.82, 2.24) is 34.5 Å². The quantitative estimate of drug-likeness (QED) is 0.663. The third-order valence-electron chi connectivity index (χ3n) is 6.38. The largest absolute Gasteiger partial charge is 0.346 e. The third-order valence-corrected chi connectivity index (χ3v) is 6.38. The molecular weight excluding hydrogens is 352 g/mol. The van der Waals surface area contributed by atoms with Crippen molar-refractivity contribution in [3.05, 3.63) is 31.0 Å². The highest BCUT2D eigenvalue weighted by Gasteiger charge is 2.47. The number of nitrogens with one attached hydrogen (secondary N) is 2. The minimum absolute atomic E-state index is 0.117. The van der Waals surface area contributed by atoms with Gasteiger partial charge in [-0.1, -0.05) is 0 Å². The third kappa shape index (κ3) is 2.84. The molecule has 5 rings (SSSR count). The average Bonchev–Trinajstić information content (AvgIpc) is 3.34. The van der Waals surface area contributed by atoms with Gasteiger partial charge in [0.2, 0.25) is 0 Å². The van der Waals surface area contributed by atoms with Crippen LogP contribution in [0.2, 0.25) is 0 Å². The van der Waals surface area contributed by atoms with Gasteiger partial charge in [-0.15, -0.1) is 0 Å². The molecule has 2 fully saturated rings. The second kappa shape index (κ2) is 6.79. The number of fused-ring (bicyclic) bond motifs is 1. The molecule has 2 aliphatic heterocycles. The van der Waals surface area contributed by atoms with Crippen LogP contribution in [0.25, 0.3) is 22.3 Å². The van der Waals surface area contributed by atoms with E-state index in [0.29, 0.717) is 12.5 Å². The number of likely N-dealkylation sites (tertiary alicyclic amines) is 2. The number of hydrogen-bond acceptors (Lipinski definition) is 6. The molecule has 5 heterocycles. The zero-order valence-electron chi connectivity index (χ0n) is 16.2. The summed E-state index contributed by atoms with van der Waals surface area (Å²) >= 11 is 0. The molecule has 146 valence electrons. The summed E-state index contributed by atoms with van der Waals surface area (Å²) in [5, 5.41) is 13.4. The van der Waals surface area contributed by atoms with Crippen molar-refractivity contribution in [1.29, 1.82) is 5.41 Å². The van der Waals surface area contributed by atoms with Gasteiger partial charge in [-0.3, -0.25) is 9.58 Å². The van der Waals surface area contributed by atoms with Crippen molar-refractivity contribution < 1.29 is 0 Å². The highest BCUT2D eigenvalue weighted by atomic mass is 15.4. The van der Waals surface area contributed by atoms with Gasteiger partial charge in [0, 0.05) is 48.9 Å². The molecule has 8 heteroatoms. The van der Waals surface area contributed by atoms with Crippen molar-refractivity contribution in [2.24, 2.45) is 0 Å². The topological polar surface area (TPSA) is 89.7 Å². The van der Waals surface area contributed by atoms with Gasteiger partial charge in [0.1, 0.15) is 12.0 Å². The van der Waals surface area contributed by atoms with Crippen LogP contribution in [0, 0.1) is 5.41 Å². The first-order chi connectivity index (χ1) is 13.7. The van der Waals surface area contributed by atoms with Crippen LogP contribution in [0.4, 0.5) is 0 Å². The summed E-state index contributed by atoms with van der Waals surface area (Å²) in [4.78, 5) is 16.9. The lowest BCUT2D eigenvalue weighted by Crippen LogP contribution is -2.66. The Labute approximate surface area is 164 Å². The number of piperidine rings is 1. The molecule has 0 aromatic carbocycles. The Morgan fingerprint density at radius 1 is 1.29 bits per heavy atom. The molecule has 8 nitrogen and oxygen atoms in total. The Morgan fingerprint density at radius 3 is 2.89 bits per heavy atom. The van der Waals surface area contributed by atoms with E-state index in [-0.39, 0.29) is 5.54 Å².